The fourth-order valence-corrected chi connectivity index (χ4v) is 2.90. The Morgan fingerprint density at radius 3 is 2.69 bits per heavy atom. The molecule has 1 atom stereocenters. The first-order valence-corrected chi connectivity index (χ1v) is 8.65. The van der Waals surface area contributed by atoms with Gasteiger partial charge in [0.05, 0.1) is 5.52 Å². The predicted molar refractivity (Wildman–Crippen MR) is 105 cm³/mol. The lowest BCUT2D eigenvalue weighted by atomic mass is 10.1. The molecule has 0 fully saturated rings. The van der Waals surface area contributed by atoms with E-state index in [4.69, 9.17) is 16.9 Å². The number of fused-ring (bicyclic) bond motifs is 1. The van der Waals surface area contributed by atoms with Crippen LogP contribution in [0.25, 0.3) is 16.7 Å². The van der Waals surface area contributed by atoms with Crippen LogP contribution in [0.3, 0.4) is 0 Å². The third kappa shape index (κ3) is 3.32. The highest BCUT2D eigenvalue weighted by Crippen LogP contribution is 2.30. The quantitative estimate of drug-likeness (QED) is 0.523. The second kappa shape index (κ2) is 7.16. The summed E-state index contributed by atoms with van der Waals surface area (Å²) in [5.74, 6) is 3.88. The number of nitrogen functional groups attached to an aromatic ring is 1. The van der Waals surface area contributed by atoms with Gasteiger partial charge in [0.25, 0.3) is 0 Å². The first kappa shape index (κ1) is 18.3. The monoisotopic (exact) mass is 389 g/mol. The number of ether oxygens (including phenoxy) is 1. The van der Waals surface area contributed by atoms with Crippen LogP contribution in [0.4, 0.5) is 10.3 Å². The lowest BCUT2D eigenvalue weighted by Gasteiger charge is -2.23. The molecular weight excluding hydrogens is 373 g/mol. The zero-order chi connectivity index (χ0) is 20.4. The van der Waals surface area contributed by atoms with Crippen molar-refractivity contribution in [2.45, 2.75) is 19.2 Å². The summed E-state index contributed by atoms with van der Waals surface area (Å²) in [6, 6.07) is 8.44. The van der Waals surface area contributed by atoms with Gasteiger partial charge >= 0.3 is 0 Å². The van der Waals surface area contributed by atoms with Crippen LogP contribution in [0, 0.1) is 12.3 Å². The average molecular weight is 389 g/mol. The van der Waals surface area contributed by atoms with Crippen molar-refractivity contribution in [1.29, 1.82) is 0 Å². The smallest absolute Gasteiger partial charge is 0.225 e. The number of hydrogen-bond donors (Lipinski definition) is 1. The molecule has 2 N–H and O–H groups in total. The molecule has 0 bridgehead atoms. The van der Waals surface area contributed by atoms with Crippen molar-refractivity contribution < 1.29 is 9.13 Å². The Morgan fingerprint density at radius 1 is 1.21 bits per heavy atom. The van der Waals surface area contributed by atoms with Gasteiger partial charge in [-0.2, -0.15) is 10.1 Å². The van der Waals surface area contributed by atoms with E-state index in [9.17, 15) is 4.39 Å². The van der Waals surface area contributed by atoms with E-state index in [1.807, 2.05) is 0 Å². The highest BCUT2D eigenvalue weighted by Gasteiger charge is 2.30. The minimum atomic E-state index is -1.19. The van der Waals surface area contributed by atoms with Crippen molar-refractivity contribution >= 4 is 16.9 Å². The maximum Gasteiger partial charge on any atom is 0.225 e. The number of terminal acetylenes is 1. The van der Waals surface area contributed by atoms with E-state index in [1.165, 1.54) is 10.9 Å². The third-order valence-corrected chi connectivity index (χ3v) is 4.32. The molecule has 0 amide bonds. The maximum atomic E-state index is 13.5. The van der Waals surface area contributed by atoms with Crippen LogP contribution in [0.2, 0.25) is 0 Å². The minimum Gasteiger partial charge on any atom is -0.467 e. The number of nitrogens with two attached hydrogens (primary N) is 1. The summed E-state index contributed by atoms with van der Waals surface area (Å²) in [5.41, 5.74) is 5.34. The molecule has 0 saturated carbocycles. The van der Waals surface area contributed by atoms with Crippen LogP contribution in [0.15, 0.2) is 48.9 Å². The van der Waals surface area contributed by atoms with Crippen molar-refractivity contribution in [3.05, 3.63) is 60.4 Å². The molecule has 0 aliphatic heterocycles. The standard InChI is InChI=1S/C20H16FN7O/c1-3-20(2,18-23-8-4-9-24-18)29-13-5-6-14-15(12-21)27-28(16(14)11-13)17-7-10-25-19(22)26-17/h1,4-11H,12H2,2H3,(H2,22,25,26). The van der Waals surface area contributed by atoms with Gasteiger partial charge < -0.3 is 10.5 Å². The minimum absolute atomic E-state index is 0.0847. The lowest BCUT2D eigenvalue weighted by molar-refractivity contribution is 0.142. The molecule has 0 spiro atoms. The van der Waals surface area contributed by atoms with Gasteiger partial charge in [-0.3, -0.25) is 0 Å². The number of halogens is 1. The summed E-state index contributed by atoms with van der Waals surface area (Å²) in [6.07, 6.45) is 10.4. The van der Waals surface area contributed by atoms with E-state index in [0.717, 1.165) is 0 Å². The van der Waals surface area contributed by atoms with Crippen molar-refractivity contribution in [2.24, 2.45) is 0 Å². The number of rotatable bonds is 5. The number of benzene rings is 1. The van der Waals surface area contributed by atoms with Crippen molar-refractivity contribution in [1.82, 2.24) is 29.7 Å². The molecule has 3 aromatic heterocycles. The van der Waals surface area contributed by atoms with Gasteiger partial charge in [-0.1, -0.05) is 5.92 Å². The summed E-state index contributed by atoms with van der Waals surface area (Å²) in [7, 11) is 0. The van der Waals surface area contributed by atoms with Crippen LogP contribution in [0.1, 0.15) is 18.4 Å². The van der Waals surface area contributed by atoms with Crippen LogP contribution in [0.5, 0.6) is 5.75 Å². The molecule has 1 unspecified atom stereocenters. The molecule has 4 rings (SSSR count). The van der Waals surface area contributed by atoms with E-state index < -0.39 is 12.3 Å². The summed E-state index contributed by atoms with van der Waals surface area (Å²) in [6.45, 7) is 0.964. The average Bonchev–Trinajstić information content (AvgIpc) is 3.12. The van der Waals surface area contributed by atoms with E-state index >= 15 is 0 Å². The Morgan fingerprint density at radius 2 is 2.00 bits per heavy atom. The van der Waals surface area contributed by atoms with E-state index in [1.54, 1.807) is 49.6 Å². The Bertz CT molecular complexity index is 1220. The zero-order valence-electron chi connectivity index (χ0n) is 15.5. The van der Waals surface area contributed by atoms with Gasteiger partial charge in [0.2, 0.25) is 11.5 Å². The molecule has 8 nitrogen and oxygen atoms in total. The topological polar surface area (TPSA) is 105 Å². The molecule has 0 aliphatic rings. The number of alkyl halides is 1. The largest absolute Gasteiger partial charge is 0.467 e. The first-order chi connectivity index (χ1) is 14.0. The fourth-order valence-electron chi connectivity index (χ4n) is 2.90. The van der Waals surface area contributed by atoms with Crippen LogP contribution in [-0.4, -0.2) is 29.7 Å². The molecule has 0 aliphatic carbocycles. The van der Waals surface area contributed by atoms with Crippen molar-refractivity contribution in [3.8, 4) is 23.9 Å². The zero-order valence-corrected chi connectivity index (χ0v) is 15.5. The Labute approximate surface area is 165 Å². The van der Waals surface area contributed by atoms with Gasteiger partial charge in [-0.05, 0) is 25.1 Å². The number of nitrogens with zero attached hydrogens (tertiary/aromatic N) is 6. The number of anilines is 1. The van der Waals surface area contributed by atoms with E-state index in [-0.39, 0.29) is 11.6 Å². The third-order valence-electron chi connectivity index (χ3n) is 4.32. The molecule has 9 heteroatoms. The van der Waals surface area contributed by atoms with Crippen molar-refractivity contribution in [2.75, 3.05) is 5.73 Å². The molecule has 29 heavy (non-hydrogen) atoms. The predicted octanol–water partition coefficient (Wildman–Crippen LogP) is 2.58. The lowest BCUT2D eigenvalue weighted by Crippen LogP contribution is -2.29. The Kier molecular flexibility index (Phi) is 4.52. The number of hydrogen-bond acceptors (Lipinski definition) is 7. The fraction of sp³-hybridized carbons (Fsp3) is 0.150. The SMILES string of the molecule is C#CC(C)(Oc1ccc2c(CF)nn(-c3ccnc(N)n3)c2c1)c1ncccn1. The molecule has 3 heterocycles. The van der Waals surface area contributed by atoms with Gasteiger partial charge in [0.15, 0.2) is 11.6 Å². The highest BCUT2D eigenvalue weighted by atomic mass is 19.1. The Balaban J connectivity index is 1.81. The second-order valence-electron chi connectivity index (χ2n) is 6.30. The summed E-state index contributed by atoms with van der Waals surface area (Å²) < 4.78 is 21.0. The van der Waals surface area contributed by atoms with E-state index in [2.05, 4.69) is 31.0 Å². The highest BCUT2D eigenvalue weighted by molar-refractivity contribution is 5.84. The molecular formula is C20H16FN7O. The van der Waals surface area contributed by atoms with Crippen LogP contribution >= 0.6 is 0 Å². The second-order valence-corrected chi connectivity index (χ2v) is 6.30. The molecule has 144 valence electrons. The van der Waals surface area contributed by atoms with Gasteiger partial charge in [0, 0.05) is 36.1 Å². The first-order valence-electron chi connectivity index (χ1n) is 8.65. The van der Waals surface area contributed by atoms with Crippen LogP contribution < -0.4 is 10.5 Å². The molecule has 0 radical (unpaired) electrons. The summed E-state index contributed by atoms with van der Waals surface area (Å²) >= 11 is 0. The van der Waals surface area contributed by atoms with Crippen molar-refractivity contribution in [3.63, 3.8) is 0 Å². The van der Waals surface area contributed by atoms with Gasteiger partial charge in [0.1, 0.15) is 18.1 Å². The Hall–Kier alpha value is -4.06. The van der Waals surface area contributed by atoms with E-state index in [0.29, 0.717) is 28.3 Å². The summed E-state index contributed by atoms with van der Waals surface area (Å²) in [5, 5.41) is 4.93. The number of aromatic nitrogens is 6. The normalized spacial score (nSPS) is 13.0. The molecule has 4 aromatic rings. The summed E-state index contributed by atoms with van der Waals surface area (Å²) in [4.78, 5) is 16.4. The molecule has 1 aromatic carbocycles. The van der Waals surface area contributed by atoms with Crippen LogP contribution in [-0.2, 0) is 12.3 Å². The van der Waals surface area contributed by atoms with Gasteiger partial charge in [-0.25, -0.2) is 24.0 Å². The van der Waals surface area contributed by atoms with Gasteiger partial charge in [-0.15, -0.1) is 6.42 Å². The molecule has 0 saturated heterocycles. The maximum absolute atomic E-state index is 13.5.